The van der Waals surface area contributed by atoms with Crippen LogP contribution >= 0.6 is 0 Å². The maximum absolute atomic E-state index is 10.9. The molecule has 5 nitrogen and oxygen atoms in total. The first kappa shape index (κ1) is 11.9. The Morgan fingerprint density at radius 3 is 2.06 bits per heavy atom. The Morgan fingerprint density at radius 1 is 1.12 bits per heavy atom. The molecule has 0 bridgehead atoms. The first-order valence-electron chi connectivity index (χ1n) is 4.53. The number of aliphatic hydroxyl groups is 1. The standard InChI is InChI=1S/C11H12N2O3/c12-9(14)11(16,10(13)15)7-6-8-4-2-1-3-5-8/h1-7,16H,(H2,12,14)(H2,13,15). The summed E-state index contributed by atoms with van der Waals surface area (Å²) >= 11 is 0. The summed E-state index contributed by atoms with van der Waals surface area (Å²) in [6, 6.07) is 8.82. The van der Waals surface area contributed by atoms with E-state index < -0.39 is 17.4 Å². The topological polar surface area (TPSA) is 106 Å². The lowest BCUT2D eigenvalue weighted by Gasteiger charge is -2.15. The number of hydrogen-bond donors (Lipinski definition) is 3. The average molecular weight is 220 g/mol. The minimum Gasteiger partial charge on any atom is -0.369 e. The lowest BCUT2D eigenvalue weighted by atomic mass is 10.0. The number of nitrogens with two attached hydrogens (primary N) is 2. The molecular weight excluding hydrogens is 208 g/mol. The number of hydrogen-bond acceptors (Lipinski definition) is 3. The normalized spacial score (nSPS) is 11.6. The Morgan fingerprint density at radius 2 is 1.62 bits per heavy atom. The molecule has 0 aromatic heterocycles. The van der Waals surface area contributed by atoms with Crippen molar-refractivity contribution >= 4 is 17.9 Å². The van der Waals surface area contributed by atoms with Crippen molar-refractivity contribution in [2.75, 3.05) is 0 Å². The molecule has 0 heterocycles. The molecule has 0 saturated heterocycles. The molecule has 0 atom stereocenters. The van der Waals surface area contributed by atoms with Crippen LogP contribution in [-0.4, -0.2) is 22.5 Å². The number of benzene rings is 1. The van der Waals surface area contributed by atoms with Crippen molar-refractivity contribution in [2.45, 2.75) is 5.60 Å². The molecule has 84 valence electrons. The second kappa shape index (κ2) is 4.59. The first-order valence-corrected chi connectivity index (χ1v) is 4.53. The van der Waals surface area contributed by atoms with E-state index in [-0.39, 0.29) is 0 Å². The number of rotatable bonds is 4. The van der Waals surface area contributed by atoms with Crippen molar-refractivity contribution < 1.29 is 14.7 Å². The van der Waals surface area contributed by atoms with Gasteiger partial charge >= 0.3 is 0 Å². The van der Waals surface area contributed by atoms with Crippen molar-refractivity contribution in [3.8, 4) is 0 Å². The molecule has 5 heteroatoms. The van der Waals surface area contributed by atoms with E-state index >= 15 is 0 Å². The van der Waals surface area contributed by atoms with Gasteiger partial charge < -0.3 is 16.6 Å². The van der Waals surface area contributed by atoms with E-state index in [0.717, 1.165) is 6.08 Å². The van der Waals surface area contributed by atoms with Crippen LogP contribution in [0.15, 0.2) is 36.4 Å². The summed E-state index contributed by atoms with van der Waals surface area (Å²) in [5.41, 5.74) is 8.05. The number of primary amides is 2. The van der Waals surface area contributed by atoms with Crippen LogP contribution in [0.5, 0.6) is 0 Å². The SMILES string of the molecule is NC(=O)C(O)(C=Cc1ccccc1)C(N)=O. The molecule has 0 radical (unpaired) electrons. The Kier molecular flexibility index (Phi) is 3.42. The van der Waals surface area contributed by atoms with Gasteiger partial charge in [0.2, 0.25) is 5.60 Å². The molecule has 0 aliphatic heterocycles. The van der Waals surface area contributed by atoms with Gasteiger partial charge in [0.1, 0.15) is 0 Å². The smallest absolute Gasteiger partial charge is 0.263 e. The van der Waals surface area contributed by atoms with E-state index in [0.29, 0.717) is 5.56 Å². The van der Waals surface area contributed by atoms with Crippen LogP contribution < -0.4 is 11.5 Å². The summed E-state index contributed by atoms with van der Waals surface area (Å²) in [6.45, 7) is 0. The van der Waals surface area contributed by atoms with Crippen LogP contribution in [0, 0.1) is 0 Å². The first-order chi connectivity index (χ1) is 7.47. The largest absolute Gasteiger partial charge is 0.369 e. The molecule has 0 fully saturated rings. The van der Waals surface area contributed by atoms with Gasteiger partial charge in [-0.1, -0.05) is 36.4 Å². The zero-order valence-corrected chi connectivity index (χ0v) is 8.46. The van der Waals surface area contributed by atoms with E-state index in [1.165, 1.54) is 6.08 Å². The predicted molar refractivity (Wildman–Crippen MR) is 58.8 cm³/mol. The van der Waals surface area contributed by atoms with Gasteiger partial charge in [0, 0.05) is 0 Å². The average Bonchev–Trinajstić information content (AvgIpc) is 2.26. The van der Waals surface area contributed by atoms with Crippen LogP contribution in [0.2, 0.25) is 0 Å². The molecule has 0 aliphatic carbocycles. The van der Waals surface area contributed by atoms with Gasteiger partial charge in [-0.15, -0.1) is 0 Å². The monoisotopic (exact) mass is 220 g/mol. The maximum Gasteiger partial charge on any atom is 0.263 e. The van der Waals surface area contributed by atoms with Crippen LogP contribution in [-0.2, 0) is 9.59 Å². The Hall–Kier alpha value is -2.14. The van der Waals surface area contributed by atoms with E-state index in [4.69, 9.17) is 11.5 Å². The zero-order chi connectivity index (χ0) is 12.2. The van der Waals surface area contributed by atoms with E-state index in [1.807, 2.05) is 6.07 Å². The summed E-state index contributed by atoms with van der Waals surface area (Å²) in [7, 11) is 0. The van der Waals surface area contributed by atoms with Gasteiger partial charge in [-0.05, 0) is 11.6 Å². The fourth-order valence-electron chi connectivity index (χ4n) is 1.07. The van der Waals surface area contributed by atoms with Crippen molar-refractivity contribution in [3.63, 3.8) is 0 Å². The zero-order valence-electron chi connectivity index (χ0n) is 8.46. The van der Waals surface area contributed by atoms with Crippen LogP contribution in [0.25, 0.3) is 6.08 Å². The third kappa shape index (κ3) is 2.46. The Balaban J connectivity index is 2.98. The fourth-order valence-corrected chi connectivity index (χ4v) is 1.07. The van der Waals surface area contributed by atoms with Gasteiger partial charge in [-0.25, -0.2) is 0 Å². The van der Waals surface area contributed by atoms with E-state index in [2.05, 4.69) is 0 Å². The minimum absolute atomic E-state index is 0.712. The van der Waals surface area contributed by atoms with Crippen molar-refractivity contribution in [1.82, 2.24) is 0 Å². The molecule has 5 N–H and O–H groups in total. The molecule has 0 aliphatic rings. The molecular formula is C11H12N2O3. The number of amides is 2. The third-order valence-corrected chi connectivity index (χ3v) is 2.07. The van der Waals surface area contributed by atoms with Gasteiger partial charge in [0.05, 0.1) is 0 Å². The summed E-state index contributed by atoms with van der Waals surface area (Å²) in [5.74, 6) is -2.40. The summed E-state index contributed by atoms with van der Waals surface area (Å²) in [6.07, 6.45) is 2.38. The molecule has 0 saturated carbocycles. The van der Waals surface area contributed by atoms with Crippen molar-refractivity contribution in [3.05, 3.63) is 42.0 Å². The van der Waals surface area contributed by atoms with E-state index in [9.17, 15) is 14.7 Å². The molecule has 1 aromatic carbocycles. The Labute approximate surface area is 92.4 Å². The summed E-state index contributed by atoms with van der Waals surface area (Å²) < 4.78 is 0. The highest BCUT2D eigenvalue weighted by molar-refractivity contribution is 6.09. The van der Waals surface area contributed by atoms with Gasteiger partial charge in [-0.2, -0.15) is 0 Å². The van der Waals surface area contributed by atoms with Gasteiger partial charge in [0.25, 0.3) is 11.8 Å². The predicted octanol–water partition coefficient (Wildman–Crippen LogP) is -0.599. The number of carbonyl (C=O) groups excluding carboxylic acids is 2. The highest BCUT2D eigenvalue weighted by Crippen LogP contribution is 2.09. The molecule has 2 amide bonds. The third-order valence-electron chi connectivity index (χ3n) is 2.07. The maximum atomic E-state index is 10.9. The number of carbonyl (C=O) groups is 2. The van der Waals surface area contributed by atoms with Gasteiger partial charge in [0.15, 0.2) is 0 Å². The van der Waals surface area contributed by atoms with Gasteiger partial charge in [-0.3, -0.25) is 9.59 Å². The summed E-state index contributed by atoms with van der Waals surface area (Å²) in [4.78, 5) is 21.8. The molecule has 0 spiro atoms. The second-order valence-electron chi connectivity index (χ2n) is 3.24. The van der Waals surface area contributed by atoms with Crippen LogP contribution in [0.3, 0.4) is 0 Å². The fraction of sp³-hybridized carbons (Fsp3) is 0.0909. The highest BCUT2D eigenvalue weighted by atomic mass is 16.3. The quantitative estimate of drug-likeness (QED) is 0.590. The Bertz CT molecular complexity index is 412. The lowest BCUT2D eigenvalue weighted by molar-refractivity contribution is -0.144. The van der Waals surface area contributed by atoms with Crippen molar-refractivity contribution in [2.24, 2.45) is 11.5 Å². The van der Waals surface area contributed by atoms with E-state index in [1.54, 1.807) is 24.3 Å². The molecule has 1 rings (SSSR count). The minimum atomic E-state index is -2.45. The van der Waals surface area contributed by atoms with Crippen LogP contribution in [0.4, 0.5) is 0 Å². The molecule has 0 unspecified atom stereocenters. The lowest BCUT2D eigenvalue weighted by Crippen LogP contribution is -2.52. The van der Waals surface area contributed by atoms with Crippen LogP contribution in [0.1, 0.15) is 5.56 Å². The summed E-state index contributed by atoms with van der Waals surface area (Å²) in [5, 5.41) is 9.59. The molecule has 16 heavy (non-hydrogen) atoms. The molecule has 1 aromatic rings. The highest BCUT2D eigenvalue weighted by Gasteiger charge is 2.37. The second-order valence-corrected chi connectivity index (χ2v) is 3.24. The van der Waals surface area contributed by atoms with Crippen molar-refractivity contribution in [1.29, 1.82) is 0 Å².